The van der Waals surface area contributed by atoms with E-state index in [1.54, 1.807) is 43.3 Å². The molecule has 0 spiro atoms. The number of carbonyl (C=O) groups excluding carboxylic acids is 2. The minimum atomic E-state index is -3.92. The van der Waals surface area contributed by atoms with Gasteiger partial charge in [-0.05, 0) is 211 Å². The lowest BCUT2D eigenvalue weighted by molar-refractivity contribution is 0.0697. The number of aryl methyl sites for hydroxylation is 7. The molecule has 2 amide bonds. The minimum absolute atomic E-state index is 0.00462. The van der Waals surface area contributed by atoms with Gasteiger partial charge in [-0.3, -0.25) is 9.59 Å². The maximum absolute atomic E-state index is 13.8. The molecule has 7 heterocycles. The smallest absolute Gasteiger partial charge is 0.260 e. The number of aromatic nitrogens is 1. The van der Waals surface area contributed by atoms with Crippen molar-refractivity contribution in [3.8, 4) is 18.2 Å². The number of nitrogens with zero attached hydrogens (tertiary/aromatic N) is 13. The summed E-state index contributed by atoms with van der Waals surface area (Å²) in [4.78, 5) is 48.7. The van der Waals surface area contributed by atoms with Gasteiger partial charge >= 0.3 is 0 Å². The molecule has 644 valence electrons. The molecule has 6 aliphatic heterocycles. The van der Waals surface area contributed by atoms with Gasteiger partial charge in [0.1, 0.15) is 33.8 Å². The van der Waals surface area contributed by atoms with Crippen LogP contribution in [0, 0.1) is 82.5 Å². The summed E-state index contributed by atoms with van der Waals surface area (Å²) < 4.78 is 77.2. The van der Waals surface area contributed by atoms with Crippen molar-refractivity contribution in [2.24, 2.45) is 10.3 Å². The minimum Gasteiger partial charge on any atom is -0.394 e. The lowest BCUT2D eigenvalue weighted by Gasteiger charge is -2.42. The molecule has 8 N–H and O–H groups in total. The first-order valence-electron chi connectivity index (χ1n) is 42.0. The highest BCUT2D eigenvalue weighted by molar-refractivity contribution is 7.89. The van der Waals surface area contributed by atoms with E-state index >= 15 is 0 Å². The molecule has 8 aromatic carbocycles. The van der Waals surface area contributed by atoms with Gasteiger partial charge in [-0.15, -0.1) is 0 Å². The number of benzene rings is 8. The molecule has 30 heteroatoms. The van der Waals surface area contributed by atoms with Gasteiger partial charge < -0.3 is 60.3 Å². The van der Waals surface area contributed by atoms with E-state index in [9.17, 15) is 55.7 Å². The first-order valence-corrected chi connectivity index (χ1v) is 46.5. The number of aliphatic hydroxyl groups is 1. The number of hydrogen-bond acceptors (Lipinski definition) is 22. The Morgan fingerprint density at radius 2 is 0.748 bits per heavy atom. The molecule has 1 aromatic heterocycles. The number of piperidine rings is 3. The number of aliphatic hydroxyl groups excluding tert-OH is 1. The predicted octanol–water partition coefficient (Wildman–Crippen LogP) is 11.6. The highest BCUT2D eigenvalue weighted by atomic mass is 32.2. The summed E-state index contributed by atoms with van der Waals surface area (Å²) in [5, 5.41) is 60.4. The van der Waals surface area contributed by atoms with Gasteiger partial charge in [0.15, 0.2) is 5.03 Å². The quantitative estimate of drug-likeness (QED) is 0.0438. The number of amides is 2. The Morgan fingerprint density at radius 1 is 0.398 bits per heavy atom. The maximum atomic E-state index is 13.8. The summed E-state index contributed by atoms with van der Waals surface area (Å²) in [6.07, 6.45) is 5.40. The van der Waals surface area contributed by atoms with Crippen LogP contribution in [0.15, 0.2) is 191 Å². The Morgan fingerprint density at radius 3 is 1.15 bits per heavy atom. The summed E-state index contributed by atoms with van der Waals surface area (Å²) in [7, 11) is -11.7. The first-order chi connectivity index (χ1) is 59.0. The molecule has 27 nitrogen and oxygen atoms in total. The molecule has 0 aliphatic carbocycles. The Balaban J connectivity index is 0.000000159. The monoisotopic (exact) mass is 1720 g/mol. The summed E-state index contributed by atoms with van der Waals surface area (Å²) >= 11 is 0. The molecule has 123 heavy (non-hydrogen) atoms. The molecule has 6 fully saturated rings. The number of para-hydroxylation sites is 6. The van der Waals surface area contributed by atoms with E-state index in [-0.39, 0.29) is 64.5 Å². The highest BCUT2D eigenvalue weighted by Crippen LogP contribution is 2.36. The number of anilines is 9. The third-order valence-corrected chi connectivity index (χ3v) is 28.3. The van der Waals surface area contributed by atoms with Crippen molar-refractivity contribution in [3.05, 3.63) is 243 Å². The third-order valence-electron chi connectivity index (χ3n) is 24.4. The molecule has 1 atom stereocenters. The number of sulfonamides is 3. The van der Waals surface area contributed by atoms with E-state index in [2.05, 4.69) is 104 Å². The van der Waals surface area contributed by atoms with Crippen LogP contribution in [0.4, 0.5) is 51.3 Å². The van der Waals surface area contributed by atoms with Gasteiger partial charge in [0.25, 0.3) is 21.8 Å². The number of pyridine rings is 1. The number of carbonyl (C=O) groups is 2. The number of hydrogen-bond donors (Lipinski definition) is 6. The number of rotatable bonds is 19. The zero-order valence-corrected chi connectivity index (χ0v) is 73.4. The van der Waals surface area contributed by atoms with E-state index in [1.165, 1.54) is 22.0 Å². The molecule has 0 saturated carbocycles. The van der Waals surface area contributed by atoms with Crippen molar-refractivity contribution >= 4 is 93.2 Å². The van der Waals surface area contributed by atoms with E-state index < -0.39 is 30.1 Å². The lowest BCUT2D eigenvalue weighted by Crippen LogP contribution is -2.56. The average molecular weight is 1720 g/mol. The summed E-state index contributed by atoms with van der Waals surface area (Å²) in [6, 6.07) is 61.9. The predicted molar refractivity (Wildman–Crippen MR) is 486 cm³/mol. The second-order valence-electron chi connectivity index (χ2n) is 32.6. The number of piperazine rings is 3. The molecule has 6 saturated heterocycles. The van der Waals surface area contributed by atoms with Crippen molar-refractivity contribution in [2.45, 2.75) is 126 Å². The first kappa shape index (κ1) is 89.0. The van der Waals surface area contributed by atoms with Crippen molar-refractivity contribution in [1.29, 1.82) is 15.8 Å². The Labute approximate surface area is 723 Å². The van der Waals surface area contributed by atoms with Crippen LogP contribution in [-0.4, -0.2) is 203 Å². The number of nitrogens with one attached hydrogen (secondary N) is 3. The molecule has 0 bridgehead atoms. The molecule has 0 radical (unpaired) electrons. The Kier molecular flexibility index (Phi) is 28.3. The van der Waals surface area contributed by atoms with Crippen molar-refractivity contribution in [2.75, 3.05) is 163 Å². The fraction of sp³-hybridized carbons (Fsp3) is 0.376. The largest absolute Gasteiger partial charge is 0.394 e. The van der Waals surface area contributed by atoms with E-state index in [0.717, 1.165) is 151 Å². The van der Waals surface area contributed by atoms with Crippen LogP contribution in [0.3, 0.4) is 0 Å². The lowest BCUT2D eigenvalue weighted by atomic mass is 9.99. The van der Waals surface area contributed by atoms with Crippen LogP contribution in [0.1, 0.15) is 115 Å². The summed E-state index contributed by atoms with van der Waals surface area (Å²) in [6.45, 7) is 23.6. The number of nitriles is 3. The molecular weight excluding hydrogens is 1610 g/mol. The van der Waals surface area contributed by atoms with Crippen LogP contribution in [0.25, 0.3) is 0 Å². The number of nitrogens with two attached hydrogens (primary N) is 2. The van der Waals surface area contributed by atoms with Crippen molar-refractivity contribution in [1.82, 2.24) is 19.1 Å². The van der Waals surface area contributed by atoms with Gasteiger partial charge in [0, 0.05) is 158 Å². The highest BCUT2D eigenvalue weighted by Gasteiger charge is 2.37. The van der Waals surface area contributed by atoms with Crippen LogP contribution >= 0.6 is 0 Å². The SMILES string of the molecule is Cc1cc(C)c(C(=O)N2CCN(c3ccccc3C)[C@@H](CO)C2)cc1NC1CCN(c2ccccc2C#N)CC1.Cc1cc(C)c(C(=O)N2CCN(c3ccccc3S(N)(=O)=O)CC2)cc1NC1CCN(c2ccccc2C#N)CC1.Cc1cc(C)c(S(=O)(=O)N2CCN(c3ccccc3S(N)(=O)=O)CC2)nc1NC1CCN(c2ccccc2C#N)CC1. The third kappa shape index (κ3) is 20.8. The standard InChI is InChI=1S/C33H39N5O2.C31H36N6O3S.C29H35N7O4S2/c1-23-8-4-6-10-31(23)38-17-16-37(21-28(38)22-39)33(40)29-19-30(25(3)18-24(29)2)35-27-12-14-36(15-13-27)32-11-7-5-9-26(32)20-34;1-22-19-23(2)27(34-25-11-13-35(14-12-25)28-8-4-3-7-24(28)21-32)20-26(22)31(38)37-17-15-36(16-18-37)29-9-5-6-10-30(29)41(33,39)40;1-21-19-22(2)29(33-28(21)32-24-11-13-34(14-12-24)25-8-4-3-7-23(25)20-30)42(39,40)36-17-15-35(16-18-36)26-9-5-6-10-27(26)41(31,37)38/h4-11,18-19,27-28,35,39H,12-17,21-22H2,1-3H3;3-10,19-20,25,34H,11-18H2,1-2H3,(H2,33,39,40);3-10,19,24H,11-18H2,1-2H3,(H,32,33)(H2,31,37,38)/t28-;;/m1../s1. The van der Waals surface area contributed by atoms with Crippen LogP contribution in [-0.2, 0) is 30.1 Å². The van der Waals surface area contributed by atoms with Gasteiger partial charge in [-0.25, -0.2) is 40.5 Å². The van der Waals surface area contributed by atoms with Crippen molar-refractivity contribution in [3.63, 3.8) is 0 Å². The second kappa shape index (κ2) is 39.2. The topological polar surface area (TPSA) is 358 Å². The fourth-order valence-corrected chi connectivity index (χ4v) is 20.7. The normalized spacial score (nSPS) is 17.2. The molecule has 0 unspecified atom stereocenters. The van der Waals surface area contributed by atoms with E-state index in [4.69, 9.17) is 10.3 Å². The summed E-state index contributed by atoms with van der Waals surface area (Å²) in [5.41, 5.74) is 17.3. The average Bonchev–Trinajstić information content (AvgIpc) is 0.768. The van der Waals surface area contributed by atoms with Gasteiger partial charge in [-0.2, -0.15) is 20.1 Å². The summed E-state index contributed by atoms with van der Waals surface area (Å²) in [5.74, 6) is 0.551. The van der Waals surface area contributed by atoms with Crippen LogP contribution in [0.2, 0.25) is 0 Å². The zero-order valence-electron chi connectivity index (χ0n) is 70.9. The van der Waals surface area contributed by atoms with E-state index in [1.807, 2.05) is 143 Å². The molecule has 15 rings (SSSR count). The zero-order chi connectivity index (χ0) is 87.4. The van der Waals surface area contributed by atoms with Gasteiger partial charge in [0.2, 0.25) is 20.0 Å². The molecule has 9 aromatic rings. The Bertz CT molecular complexity index is 5840. The molecular formula is C93H110N18O9S3. The van der Waals surface area contributed by atoms with Gasteiger partial charge in [-0.1, -0.05) is 91.0 Å². The second-order valence-corrected chi connectivity index (χ2v) is 37.5. The fourth-order valence-electron chi connectivity index (χ4n) is 17.7. The Hall–Kier alpha value is -11.8. The van der Waals surface area contributed by atoms with Crippen LogP contribution in [0.5, 0.6) is 0 Å². The maximum Gasteiger partial charge on any atom is 0.260 e. The van der Waals surface area contributed by atoms with Gasteiger partial charge in [0.05, 0.1) is 57.8 Å². The van der Waals surface area contributed by atoms with E-state index in [0.29, 0.717) is 104 Å². The van der Waals surface area contributed by atoms with Crippen molar-refractivity contribution < 1.29 is 39.9 Å². The van der Waals surface area contributed by atoms with Crippen LogP contribution < -0.4 is 55.6 Å². The molecule has 6 aliphatic rings. The number of primary sulfonamides is 2.